The fourth-order valence-corrected chi connectivity index (χ4v) is 2.95. The molecule has 0 atom stereocenters. The maximum Gasteiger partial charge on any atom is 0.322 e. The Kier molecular flexibility index (Phi) is 4.17. The van der Waals surface area contributed by atoms with Crippen molar-refractivity contribution in [3.8, 4) is 0 Å². The zero-order valence-electron chi connectivity index (χ0n) is 11.1. The van der Waals surface area contributed by atoms with E-state index in [0.717, 1.165) is 35.1 Å². The van der Waals surface area contributed by atoms with E-state index in [2.05, 4.69) is 14.1 Å². The highest BCUT2D eigenvalue weighted by Crippen LogP contribution is 2.26. The molecular formula is C14H13ClN4OS. The van der Waals surface area contributed by atoms with Crippen LogP contribution in [-0.2, 0) is 0 Å². The van der Waals surface area contributed by atoms with Crippen molar-refractivity contribution in [2.45, 2.75) is 6.42 Å². The van der Waals surface area contributed by atoms with Crippen molar-refractivity contribution < 1.29 is 4.79 Å². The SMILES string of the molecule is O=C(Nc1ccccc1)N1CC=C(c2nsnc2Cl)CC1. The first-order chi connectivity index (χ1) is 10.2. The molecule has 2 amide bonds. The zero-order chi connectivity index (χ0) is 14.7. The summed E-state index contributed by atoms with van der Waals surface area (Å²) in [6, 6.07) is 9.33. The van der Waals surface area contributed by atoms with Gasteiger partial charge in [-0.3, -0.25) is 0 Å². The van der Waals surface area contributed by atoms with Crippen LogP contribution in [0.25, 0.3) is 5.57 Å². The maximum atomic E-state index is 12.2. The Balaban J connectivity index is 1.64. The van der Waals surface area contributed by atoms with Gasteiger partial charge in [-0.2, -0.15) is 8.75 Å². The van der Waals surface area contributed by atoms with Crippen molar-refractivity contribution in [1.29, 1.82) is 0 Å². The van der Waals surface area contributed by atoms with Gasteiger partial charge >= 0.3 is 6.03 Å². The number of urea groups is 1. The van der Waals surface area contributed by atoms with Crippen LogP contribution in [0.2, 0.25) is 5.15 Å². The van der Waals surface area contributed by atoms with Crippen molar-refractivity contribution in [2.75, 3.05) is 18.4 Å². The summed E-state index contributed by atoms with van der Waals surface area (Å²) >= 11 is 7.09. The highest BCUT2D eigenvalue weighted by molar-refractivity contribution is 6.99. The van der Waals surface area contributed by atoms with E-state index >= 15 is 0 Å². The number of halogens is 1. The first-order valence-electron chi connectivity index (χ1n) is 6.52. The quantitative estimate of drug-likeness (QED) is 0.921. The van der Waals surface area contributed by atoms with Gasteiger partial charge < -0.3 is 10.2 Å². The number of hydrogen-bond acceptors (Lipinski definition) is 4. The number of aromatic nitrogens is 2. The second-order valence-electron chi connectivity index (χ2n) is 4.63. The lowest BCUT2D eigenvalue weighted by atomic mass is 10.1. The largest absolute Gasteiger partial charge is 0.322 e. The second kappa shape index (κ2) is 6.24. The second-order valence-corrected chi connectivity index (χ2v) is 5.51. The molecule has 0 saturated heterocycles. The normalized spacial score (nSPS) is 14.7. The Morgan fingerprint density at radius 1 is 1.29 bits per heavy atom. The van der Waals surface area contributed by atoms with Crippen LogP contribution < -0.4 is 5.32 Å². The lowest BCUT2D eigenvalue weighted by molar-refractivity contribution is 0.217. The van der Waals surface area contributed by atoms with Crippen molar-refractivity contribution in [3.63, 3.8) is 0 Å². The molecule has 2 aromatic rings. The average Bonchev–Trinajstić information content (AvgIpc) is 2.94. The van der Waals surface area contributed by atoms with Crippen molar-refractivity contribution in [2.24, 2.45) is 0 Å². The molecule has 0 spiro atoms. The predicted molar refractivity (Wildman–Crippen MR) is 84.5 cm³/mol. The molecule has 0 unspecified atom stereocenters. The first-order valence-corrected chi connectivity index (χ1v) is 7.63. The first kappa shape index (κ1) is 14.0. The van der Waals surface area contributed by atoms with E-state index in [9.17, 15) is 4.79 Å². The Hall–Kier alpha value is -1.92. The number of para-hydroxylation sites is 1. The molecule has 1 aliphatic rings. The van der Waals surface area contributed by atoms with E-state index in [4.69, 9.17) is 11.6 Å². The van der Waals surface area contributed by atoms with E-state index in [1.54, 1.807) is 4.90 Å². The van der Waals surface area contributed by atoms with Crippen LogP contribution in [0.4, 0.5) is 10.5 Å². The van der Waals surface area contributed by atoms with Gasteiger partial charge in [-0.15, -0.1) is 0 Å². The molecule has 7 heteroatoms. The summed E-state index contributed by atoms with van der Waals surface area (Å²) in [4.78, 5) is 13.9. The number of nitrogens with one attached hydrogen (secondary N) is 1. The number of rotatable bonds is 2. The number of carbonyl (C=O) groups excluding carboxylic acids is 1. The van der Waals surface area contributed by atoms with Gasteiger partial charge in [0, 0.05) is 18.8 Å². The minimum Gasteiger partial charge on any atom is -0.320 e. The lowest BCUT2D eigenvalue weighted by Crippen LogP contribution is -2.37. The van der Waals surface area contributed by atoms with Gasteiger partial charge in [-0.25, -0.2) is 4.79 Å². The maximum absolute atomic E-state index is 12.2. The molecular weight excluding hydrogens is 308 g/mol. The predicted octanol–water partition coefficient (Wildman–Crippen LogP) is 3.51. The van der Waals surface area contributed by atoms with E-state index in [1.807, 2.05) is 36.4 Å². The fourth-order valence-electron chi connectivity index (χ4n) is 2.16. The summed E-state index contributed by atoms with van der Waals surface area (Å²) in [6.45, 7) is 1.18. The molecule has 108 valence electrons. The molecule has 1 aromatic carbocycles. The van der Waals surface area contributed by atoms with Gasteiger partial charge in [0.25, 0.3) is 0 Å². The van der Waals surface area contributed by atoms with Gasteiger partial charge in [-0.05, 0) is 24.1 Å². The van der Waals surface area contributed by atoms with Crippen molar-refractivity contribution in [3.05, 3.63) is 47.3 Å². The number of hydrogen-bond donors (Lipinski definition) is 1. The highest BCUT2D eigenvalue weighted by atomic mass is 35.5. The van der Waals surface area contributed by atoms with E-state index in [1.165, 1.54) is 0 Å². The monoisotopic (exact) mass is 320 g/mol. The molecule has 1 aromatic heterocycles. The molecule has 1 N–H and O–H groups in total. The molecule has 0 fully saturated rings. The van der Waals surface area contributed by atoms with Crippen LogP contribution in [-0.4, -0.2) is 32.8 Å². The van der Waals surface area contributed by atoms with Crippen LogP contribution in [0.3, 0.4) is 0 Å². The summed E-state index contributed by atoms with van der Waals surface area (Å²) in [6.07, 6.45) is 2.71. The number of benzene rings is 1. The van der Waals surface area contributed by atoms with E-state index < -0.39 is 0 Å². The third kappa shape index (κ3) is 3.22. The number of amides is 2. The minimum absolute atomic E-state index is 0.0981. The number of nitrogens with zero attached hydrogens (tertiary/aromatic N) is 3. The lowest BCUT2D eigenvalue weighted by Gasteiger charge is -2.26. The standard InChI is InChI=1S/C14H13ClN4OS/c15-13-12(17-21-18-13)10-6-8-19(9-7-10)14(20)16-11-4-2-1-3-5-11/h1-6H,7-9H2,(H,16,20). The van der Waals surface area contributed by atoms with Gasteiger partial charge in [0.1, 0.15) is 5.69 Å². The van der Waals surface area contributed by atoms with Crippen molar-refractivity contribution >= 4 is 40.6 Å². The molecule has 2 heterocycles. The topological polar surface area (TPSA) is 58.1 Å². The molecule has 0 radical (unpaired) electrons. The fraction of sp³-hybridized carbons (Fsp3) is 0.214. The Bertz CT molecular complexity index is 671. The van der Waals surface area contributed by atoms with Crippen LogP contribution in [0.15, 0.2) is 36.4 Å². The Labute approximate surface area is 131 Å². The molecule has 0 aliphatic carbocycles. The summed E-state index contributed by atoms with van der Waals surface area (Å²) in [7, 11) is 0. The third-order valence-corrected chi connectivity index (χ3v) is 4.17. The molecule has 21 heavy (non-hydrogen) atoms. The van der Waals surface area contributed by atoms with Gasteiger partial charge in [0.15, 0.2) is 5.15 Å². The third-order valence-electron chi connectivity index (χ3n) is 3.27. The van der Waals surface area contributed by atoms with Crippen LogP contribution >= 0.6 is 23.3 Å². The summed E-state index contributed by atoms with van der Waals surface area (Å²) in [5.74, 6) is 0. The van der Waals surface area contributed by atoms with E-state index in [-0.39, 0.29) is 6.03 Å². The van der Waals surface area contributed by atoms with Gasteiger partial charge in [0.2, 0.25) is 0 Å². The minimum atomic E-state index is -0.0981. The summed E-state index contributed by atoms with van der Waals surface area (Å²) in [5.41, 5.74) is 2.59. The van der Waals surface area contributed by atoms with Gasteiger partial charge in [0.05, 0.1) is 11.7 Å². The number of anilines is 1. The van der Waals surface area contributed by atoms with Crippen LogP contribution in [0, 0.1) is 0 Å². The Morgan fingerprint density at radius 3 is 2.71 bits per heavy atom. The summed E-state index contributed by atoms with van der Waals surface area (Å²) < 4.78 is 8.15. The summed E-state index contributed by atoms with van der Waals surface area (Å²) in [5, 5.41) is 3.32. The molecule has 0 saturated carbocycles. The molecule has 1 aliphatic heterocycles. The molecule has 0 bridgehead atoms. The zero-order valence-corrected chi connectivity index (χ0v) is 12.7. The van der Waals surface area contributed by atoms with Gasteiger partial charge in [-0.1, -0.05) is 35.9 Å². The Morgan fingerprint density at radius 2 is 2.10 bits per heavy atom. The van der Waals surface area contributed by atoms with Crippen LogP contribution in [0.5, 0.6) is 0 Å². The average molecular weight is 321 g/mol. The van der Waals surface area contributed by atoms with Crippen LogP contribution in [0.1, 0.15) is 12.1 Å². The number of carbonyl (C=O) groups is 1. The smallest absolute Gasteiger partial charge is 0.320 e. The van der Waals surface area contributed by atoms with E-state index in [0.29, 0.717) is 18.2 Å². The van der Waals surface area contributed by atoms with Crippen molar-refractivity contribution in [1.82, 2.24) is 13.6 Å². The molecule has 3 rings (SSSR count). The molecule has 5 nitrogen and oxygen atoms in total. The highest BCUT2D eigenvalue weighted by Gasteiger charge is 2.20.